The lowest BCUT2D eigenvalue weighted by Crippen LogP contribution is -2.31. The first kappa shape index (κ1) is 17.0. The number of nitrogens with zero attached hydrogens (tertiary/aromatic N) is 3. The maximum absolute atomic E-state index is 12.3. The summed E-state index contributed by atoms with van der Waals surface area (Å²) in [6, 6.07) is 7.08. The van der Waals surface area contributed by atoms with Gasteiger partial charge in [0.2, 0.25) is 0 Å². The molecule has 24 heavy (non-hydrogen) atoms. The molecule has 1 aliphatic heterocycles. The van der Waals surface area contributed by atoms with Crippen molar-refractivity contribution in [2.45, 2.75) is 6.54 Å². The van der Waals surface area contributed by atoms with Gasteiger partial charge < -0.3 is 15.5 Å². The topological polar surface area (TPSA) is 79.3 Å². The summed E-state index contributed by atoms with van der Waals surface area (Å²) >= 11 is 6.72. The first-order valence-electron chi connectivity index (χ1n) is 7.35. The fourth-order valence-electron chi connectivity index (χ4n) is 2.36. The summed E-state index contributed by atoms with van der Waals surface area (Å²) in [4.78, 5) is 25.6. The molecule has 2 aromatic rings. The summed E-state index contributed by atoms with van der Waals surface area (Å²) in [5.74, 6) is 0.227. The van der Waals surface area contributed by atoms with E-state index in [-0.39, 0.29) is 11.9 Å². The van der Waals surface area contributed by atoms with Crippen molar-refractivity contribution >= 4 is 49.6 Å². The monoisotopic (exact) mass is 455 g/mol. The Morgan fingerprint density at radius 1 is 1.29 bits per heavy atom. The highest BCUT2D eigenvalue weighted by molar-refractivity contribution is 9.11. The first-order chi connectivity index (χ1) is 11.5. The van der Waals surface area contributed by atoms with Crippen molar-refractivity contribution in [2.24, 2.45) is 0 Å². The highest BCUT2D eigenvalue weighted by Gasteiger charge is 2.19. The maximum atomic E-state index is 12.3. The summed E-state index contributed by atoms with van der Waals surface area (Å²) in [7, 11) is 0. The average molecular weight is 457 g/mol. The standard InChI is InChI=1S/C15H15Br2N5O2/c16-10-1-2-12(17)11(9-10)14(23)19-13-3-5-22(20-13)8-7-21-6-4-18-15(21)24/h1-3,5,9H,4,6-8H2,(H,18,24)(H,19,20,23). The van der Waals surface area contributed by atoms with Crippen LogP contribution in [0, 0.1) is 0 Å². The Morgan fingerprint density at radius 3 is 2.88 bits per heavy atom. The van der Waals surface area contributed by atoms with Crippen molar-refractivity contribution in [2.75, 3.05) is 25.0 Å². The van der Waals surface area contributed by atoms with Crippen molar-refractivity contribution in [3.8, 4) is 0 Å². The lowest BCUT2D eigenvalue weighted by Gasteiger charge is -2.13. The van der Waals surface area contributed by atoms with Gasteiger partial charge in [-0.25, -0.2) is 4.79 Å². The van der Waals surface area contributed by atoms with Crippen molar-refractivity contribution in [3.63, 3.8) is 0 Å². The predicted octanol–water partition coefficient (Wildman–Crippen LogP) is 2.69. The zero-order chi connectivity index (χ0) is 17.1. The highest BCUT2D eigenvalue weighted by Crippen LogP contribution is 2.22. The summed E-state index contributed by atoms with van der Waals surface area (Å²) < 4.78 is 3.24. The third kappa shape index (κ3) is 3.96. The van der Waals surface area contributed by atoms with Crippen molar-refractivity contribution < 1.29 is 9.59 Å². The minimum absolute atomic E-state index is 0.0461. The molecule has 1 saturated heterocycles. The molecule has 0 radical (unpaired) electrons. The third-order valence-corrected chi connectivity index (χ3v) is 4.78. The molecule has 7 nitrogen and oxygen atoms in total. The SMILES string of the molecule is O=C(Nc1ccn(CCN2CCNC2=O)n1)c1cc(Br)ccc1Br. The molecule has 9 heteroatoms. The van der Waals surface area contributed by atoms with Crippen LogP contribution >= 0.6 is 31.9 Å². The molecule has 0 atom stereocenters. The largest absolute Gasteiger partial charge is 0.336 e. The van der Waals surface area contributed by atoms with Gasteiger partial charge in [-0.05, 0) is 34.1 Å². The molecular formula is C15H15Br2N5O2. The zero-order valence-corrected chi connectivity index (χ0v) is 15.8. The van der Waals surface area contributed by atoms with Gasteiger partial charge in [0, 0.05) is 40.8 Å². The van der Waals surface area contributed by atoms with E-state index in [9.17, 15) is 9.59 Å². The van der Waals surface area contributed by atoms with Gasteiger partial charge in [-0.2, -0.15) is 5.10 Å². The minimum atomic E-state index is -0.243. The van der Waals surface area contributed by atoms with Crippen LogP contribution in [0.25, 0.3) is 0 Å². The molecule has 1 aliphatic rings. The molecule has 0 bridgehead atoms. The number of anilines is 1. The number of halogens is 2. The van der Waals surface area contributed by atoms with Crippen LogP contribution in [-0.4, -0.2) is 46.3 Å². The van der Waals surface area contributed by atoms with Crippen LogP contribution in [0.5, 0.6) is 0 Å². The van der Waals surface area contributed by atoms with Gasteiger partial charge >= 0.3 is 6.03 Å². The van der Waals surface area contributed by atoms with E-state index < -0.39 is 0 Å². The van der Waals surface area contributed by atoms with Crippen molar-refractivity contribution in [3.05, 3.63) is 45.0 Å². The molecule has 3 amide bonds. The second kappa shape index (κ2) is 7.35. The van der Waals surface area contributed by atoms with E-state index in [1.54, 1.807) is 34.0 Å². The number of rotatable bonds is 5. The van der Waals surface area contributed by atoms with E-state index in [1.165, 1.54) is 0 Å². The Hall–Kier alpha value is -1.87. The van der Waals surface area contributed by atoms with E-state index in [0.29, 0.717) is 42.0 Å². The maximum Gasteiger partial charge on any atom is 0.317 e. The molecule has 1 aromatic heterocycles. The number of hydrogen-bond donors (Lipinski definition) is 2. The van der Waals surface area contributed by atoms with E-state index in [1.807, 2.05) is 6.07 Å². The van der Waals surface area contributed by atoms with E-state index in [4.69, 9.17) is 0 Å². The van der Waals surface area contributed by atoms with Crippen LogP contribution in [0.3, 0.4) is 0 Å². The smallest absolute Gasteiger partial charge is 0.317 e. The highest BCUT2D eigenvalue weighted by atomic mass is 79.9. The Kier molecular flexibility index (Phi) is 5.20. The van der Waals surface area contributed by atoms with Gasteiger partial charge in [0.1, 0.15) is 0 Å². The van der Waals surface area contributed by atoms with E-state index in [0.717, 1.165) is 4.47 Å². The molecule has 126 valence electrons. The van der Waals surface area contributed by atoms with Gasteiger partial charge in [-0.15, -0.1) is 0 Å². The fourth-order valence-corrected chi connectivity index (χ4v) is 3.14. The van der Waals surface area contributed by atoms with Gasteiger partial charge in [0.25, 0.3) is 5.91 Å². The summed E-state index contributed by atoms with van der Waals surface area (Å²) in [5, 5.41) is 9.84. The van der Waals surface area contributed by atoms with Crippen LogP contribution < -0.4 is 10.6 Å². The van der Waals surface area contributed by atoms with Crippen LogP contribution in [0.2, 0.25) is 0 Å². The van der Waals surface area contributed by atoms with Gasteiger partial charge in [0.05, 0.1) is 12.1 Å². The second-order valence-corrected chi connectivity index (χ2v) is 7.03. The number of carbonyl (C=O) groups is 2. The number of hydrogen-bond acceptors (Lipinski definition) is 3. The molecule has 0 aliphatic carbocycles. The second-order valence-electron chi connectivity index (χ2n) is 5.26. The lowest BCUT2D eigenvalue weighted by atomic mass is 10.2. The first-order valence-corrected chi connectivity index (χ1v) is 8.94. The summed E-state index contributed by atoms with van der Waals surface area (Å²) in [6.07, 6.45) is 1.78. The van der Waals surface area contributed by atoms with Crippen LogP contribution in [0.1, 0.15) is 10.4 Å². The van der Waals surface area contributed by atoms with Gasteiger partial charge in [-0.1, -0.05) is 15.9 Å². The number of carbonyl (C=O) groups excluding carboxylic acids is 2. The minimum Gasteiger partial charge on any atom is -0.336 e. The number of nitrogens with one attached hydrogen (secondary N) is 2. The number of benzene rings is 1. The summed E-state index contributed by atoms with van der Waals surface area (Å²) in [6.45, 7) is 2.54. The van der Waals surface area contributed by atoms with Crippen molar-refractivity contribution in [1.29, 1.82) is 0 Å². The molecular weight excluding hydrogens is 442 g/mol. The predicted molar refractivity (Wildman–Crippen MR) is 97.0 cm³/mol. The third-order valence-electron chi connectivity index (χ3n) is 3.60. The summed E-state index contributed by atoms with van der Waals surface area (Å²) in [5.41, 5.74) is 0.521. The zero-order valence-electron chi connectivity index (χ0n) is 12.6. The van der Waals surface area contributed by atoms with Crippen LogP contribution in [0.15, 0.2) is 39.4 Å². The Balaban J connectivity index is 1.60. The molecule has 2 N–H and O–H groups in total. The molecule has 0 spiro atoms. The fraction of sp³-hybridized carbons (Fsp3) is 0.267. The Morgan fingerprint density at radius 2 is 2.12 bits per heavy atom. The Bertz CT molecular complexity index is 777. The molecule has 0 unspecified atom stereocenters. The lowest BCUT2D eigenvalue weighted by molar-refractivity contribution is 0.102. The van der Waals surface area contributed by atoms with Crippen molar-refractivity contribution in [1.82, 2.24) is 20.0 Å². The van der Waals surface area contributed by atoms with Crippen LogP contribution in [-0.2, 0) is 6.54 Å². The van der Waals surface area contributed by atoms with E-state index >= 15 is 0 Å². The normalized spacial score (nSPS) is 13.9. The number of aromatic nitrogens is 2. The van der Waals surface area contributed by atoms with E-state index in [2.05, 4.69) is 47.6 Å². The number of urea groups is 1. The quantitative estimate of drug-likeness (QED) is 0.725. The van der Waals surface area contributed by atoms with Crippen LogP contribution in [0.4, 0.5) is 10.6 Å². The van der Waals surface area contributed by atoms with Gasteiger partial charge in [0.15, 0.2) is 5.82 Å². The molecule has 0 saturated carbocycles. The molecule has 1 fully saturated rings. The molecule has 2 heterocycles. The number of amides is 3. The molecule has 1 aromatic carbocycles. The van der Waals surface area contributed by atoms with Gasteiger partial charge in [-0.3, -0.25) is 9.48 Å². The molecule has 3 rings (SSSR count). The average Bonchev–Trinajstić information content (AvgIpc) is 3.16. The Labute approximate surface area is 155 Å².